The zero-order chi connectivity index (χ0) is 33.3. The van der Waals surface area contributed by atoms with Gasteiger partial charge in [0.05, 0.1) is 11.2 Å². The lowest BCUT2D eigenvalue weighted by Gasteiger charge is -2.14. The van der Waals surface area contributed by atoms with Gasteiger partial charge >= 0.3 is 0 Å². The first-order valence-electron chi connectivity index (χ1n) is 16.7. The maximum absolute atomic E-state index is 5.18. The van der Waals surface area contributed by atoms with Gasteiger partial charge in [0.15, 0.2) is 17.5 Å². The number of aromatic nitrogens is 4. The van der Waals surface area contributed by atoms with Crippen LogP contribution in [0.2, 0.25) is 0 Å². The van der Waals surface area contributed by atoms with Crippen molar-refractivity contribution >= 4 is 21.7 Å². The normalized spacial score (nSPS) is 11.2. The van der Waals surface area contributed by atoms with Gasteiger partial charge in [0, 0.05) is 27.6 Å². The fourth-order valence-corrected chi connectivity index (χ4v) is 6.59. The van der Waals surface area contributed by atoms with E-state index in [1.807, 2.05) is 42.5 Å². The van der Waals surface area contributed by atoms with Crippen LogP contribution in [-0.2, 0) is 0 Å². The molecule has 4 heteroatoms. The van der Waals surface area contributed by atoms with Crippen molar-refractivity contribution in [1.82, 2.24) is 19.9 Å². The van der Waals surface area contributed by atoms with E-state index in [0.717, 1.165) is 66.3 Å². The average molecular weight is 639 g/mol. The average Bonchev–Trinajstić information content (AvgIpc) is 3.21. The second kappa shape index (κ2) is 12.7. The monoisotopic (exact) mass is 638 g/mol. The topological polar surface area (TPSA) is 51.6 Å². The summed E-state index contributed by atoms with van der Waals surface area (Å²) in [5.41, 5.74) is 10.3. The van der Waals surface area contributed by atoms with Crippen molar-refractivity contribution in [3.05, 3.63) is 182 Å². The van der Waals surface area contributed by atoms with Gasteiger partial charge in [-0.2, -0.15) is 0 Å². The Bertz CT molecular complexity index is 2600. The third-order valence-electron chi connectivity index (χ3n) is 9.12. The van der Waals surface area contributed by atoms with E-state index < -0.39 is 0 Å². The lowest BCUT2D eigenvalue weighted by molar-refractivity contribution is 1.07. The largest absolute Gasteiger partial charge is 0.248 e. The molecule has 9 aromatic rings. The van der Waals surface area contributed by atoms with Crippen LogP contribution in [0.4, 0.5) is 0 Å². The van der Waals surface area contributed by atoms with Crippen LogP contribution in [0.3, 0.4) is 0 Å². The number of pyridine rings is 1. The predicted molar refractivity (Wildman–Crippen MR) is 205 cm³/mol. The van der Waals surface area contributed by atoms with E-state index in [-0.39, 0.29) is 0 Å². The molecule has 0 aliphatic rings. The molecule has 0 N–H and O–H groups in total. The standard InChI is InChI=1S/C46H30N4/c1-5-13-31(14-6-1)32-21-24-37(25-22-32)45-48-44(36-19-11-4-12-20-36)49-46(50-45)38-26-23-34-27-28-41-43(39(34)29-38)40(33-15-7-2-8-16-33)30-42(47-41)35-17-9-3-10-18-35/h1-30H. The molecule has 0 amide bonds. The summed E-state index contributed by atoms with van der Waals surface area (Å²) in [5, 5.41) is 3.33. The van der Waals surface area contributed by atoms with E-state index in [1.165, 1.54) is 5.56 Å². The quantitative estimate of drug-likeness (QED) is 0.170. The highest BCUT2D eigenvalue weighted by atomic mass is 15.0. The summed E-state index contributed by atoms with van der Waals surface area (Å²) >= 11 is 0. The van der Waals surface area contributed by atoms with Gasteiger partial charge in [-0.25, -0.2) is 19.9 Å². The Morgan fingerprint density at radius 2 is 0.740 bits per heavy atom. The van der Waals surface area contributed by atoms with Gasteiger partial charge in [-0.05, 0) is 51.2 Å². The number of rotatable bonds is 6. The van der Waals surface area contributed by atoms with Gasteiger partial charge < -0.3 is 0 Å². The minimum absolute atomic E-state index is 0.620. The molecule has 0 spiro atoms. The molecule has 2 heterocycles. The molecule has 0 saturated heterocycles. The Kier molecular flexibility index (Phi) is 7.45. The molecule has 0 fully saturated rings. The third-order valence-corrected chi connectivity index (χ3v) is 9.12. The van der Waals surface area contributed by atoms with E-state index in [0.29, 0.717) is 17.5 Å². The van der Waals surface area contributed by atoms with Crippen LogP contribution in [0, 0.1) is 0 Å². The van der Waals surface area contributed by atoms with E-state index in [9.17, 15) is 0 Å². The summed E-state index contributed by atoms with van der Waals surface area (Å²) < 4.78 is 0. The fraction of sp³-hybridized carbons (Fsp3) is 0. The summed E-state index contributed by atoms with van der Waals surface area (Å²) in [6, 6.07) is 62.8. The highest BCUT2D eigenvalue weighted by molar-refractivity contribution is 6.14. The lowest BCUT2D eigenvalue weighted by atomic mass is 9.93. The van der Waals surface area contributed by atoms with E-state index in [2.05, 4.69) is 140 Å². The molecule has 0 radical (unpaired) electrons. The molecular formula is C46H30N4. The highest BCUT2D eigenvalue weighted by Gasteiger charge is 2.16. The predicted octanol–water partition coefficient (Wildman–Crippen LogP) is 11.6. The molecule has 2 aromatic heterocycles. The Morgan fingerprint density at radius 1 is 0.300 bits per heavy atom. The summed E-state index contributed by atoms with van der Waals surface area (Å²) in [6.07, 6.45) is 0. The first kappa shape index (κ1) is 29.4. The summed E-state index contributed by atoms with van der Waals surface area (Å²) in [6.45, 7) is 0. The smallest absolute Gasteiger partial charge is 0.164 e. The maximum Gasteiger partial charge on any atom is 0.164 e. The maximum atomic E-state index is 5.18. The van der Waals surface area contributed by atoms with Gasteiger partial charge in [0.25, 0.3) is 0 Å². The van der Waals surface area contributed by atoms with Gasteiger partial charge in [0.1, 0.15) is 0 Å². The molecule has 0 aliphatic heterocycles. The van der Waals surface area contributed by atoms with Crippen molar-refractivity contribution in [2.45, 2.75) is 0 Å². The van der Waals surface area contributed by atoms with Crippen molar-refractivity contribution in [1.29, 1.82) is 0 Å². The van der Waals surface area contributed by atoms with Gasteiger partial charge in [-0.3, -0.25) is 0 Å². The van der Waals surface area contributed by atoms with Crippen molar-refractivity contribution < 1.29 is 0 Å². The molecule has 7 aromatic carbocycles. The van der Waals surface area contributed by atoms with Crippen LogP contribution in [0.15, 0.2) is 182 Å². The van der Waals surface area contributed by atoms with Crippen LogP contribution < -0.4 is 0 Å². The zero-order valence-electron chi connectivity index (χ0n) is 27.1. The van der Waals surface area contributed by atoms with E-state index >= 15 is 0 Å². The molecule has 0 saturated carbocycles. The molecule has 0 atom stereocenters. The minimum Gasteiger partial charge on any atom is -0.248 e. The molecular weight excluding hydrogens is 609 g/mol. The van der Waals surface area contributed by atoms with Crippen molar-refractivity contribution in [2.75, 3.05) is 0 Å². The second-order valence-corrected chi connectivity index (χ2v) is 12.3. The molecule has 234 valence electrons. The summed E-state index contributed by atoms with van der Waals surface area (Å²) in [5.74, 6) is 1.88. The SMILES string of the molecule is c1ccc(-c2ccc(-c3nc(-c4ccccc4)nc(-c4ccc5ccc6nc(-c7ccccc7)cc(-c7ccccc7)c6c5c4)n3)cc2)cc1. The molecule has 50 heavy (non-hydrogen) atoms. The van der Waals surface area contributed by atoms with Gasteiger partial charge in [-0.15, -0.1) is 0 Å². The first-order valence-corrected chi connectivity index (χ1v) is 16.7. The number of hydrogen-bond donors (Lipinski definition) is 0. The Hall–Kier alpha value is -6.78. The van der Waals surface area contributed by atoms with Crippen LogP contribution in [0.1, 0.15) is 0 Å². The molecule has 9 rings (SSSR count). The zero-order valence-corrected chi connectivity index (χ0v) is 27.1. The summed E-state index contributed by atoms with van der Waals surface area (Å²) in [4.78, 5) is 20.3. The third kappa shape index (κ3) is 5.59. The van der Waals surface area contributed by atoms with Crippen LogP contribution in [-0.4, -0.2) is 19.9 Å². The Labute approximate surface area is 290 Å². The minimum atomic E-state index is 0.620. The molecule has 0 aliphatic carbocycles. The van der Waals surface area contributed by atoms with Crippen LogP contribution in [0.25, 0.3) is 89.4 Å². The van der Waals surface area contributed by atoms with Crippen LogP contribution in [0.5, 0.6) is 0 Å². The number of benzene rings is 7. The van der Waals surface area contributed by atoms with Crippen molar-refractivity contribution in [3.63, 3.8) is 0 Å². The van der Waals surface area contributed by atoms with E-state index in [4.69, 9.17) is 19.9 Å². The second-order valence-electron chi connectivity index (χ2n) is 12.3. The highest BCUT2D eigenvalue weighted by Crippen LogP contribution is 2.38. The number of nitrogens with zero attached hydrogens (tertiary/aromatic N) is 4. The lowest BCUT2D eigenvalue weighted by Crippen LogP contribution is -2.00. The first-order chi connectivity index (χ1) is 24.8. The molecule has 4 nitrogen and oxygen atoms in total. The van der Waals surface area contributed by atoms with Gasteiger partial charge in [0.2, 0.25) is 0 Å². The van der Waals surface area contributed by atoms with Crippen molar-refractivity contribution in [3.8, 4) is 67.7 Å². The van der Waals surface area contributed by atoms with E-state index in [1.54, 1.807) is 0 Å². The molecule has 0 unspecified atom stereocenters. The fourth-order valence-electron chi connectivity index (χ4n) is 6.59. The Balaban J connectivity index is 1.23. The molecule has 0 bridgehead atoms. The van der Waals surface area contributed by atoms with Crippen LogP contribution >= 0.6 is 0 Å². The number of fused-ring (bicyclic) bond motifs is 3. The number of hydrogen-bond acceptors (Lipinski definition) is 4. The Morgan fingerprint density at radius 3 is 1.36 bits per heavy atom. The van der Waals surface area contributed by atoms with Gasteiger partial charge in [-0.1, -0.05) is 164 Å². The summed E-state index contributed by atoms with van der Waals surface area (Å²) in [7, 11) is 0. The van der Waals surface area contributed by atoms with Crippen molar-refractivity contribution in [2.24, 2.45) is 0 Å².